The molecule has 1 N–H and O–H groups in total. The molecule has 1 amide bonds. The zero-order valence-electron chi connectivity index (χ0n) is 15.1. The molecule has 8 heteroatoms. The van der Waals surface area contributed by atoms with Gasteiger partial charge in [0.25, 0.3) is 5.91 Å². The van der Waals surface area contributed by atoms with Crippen LogP contribution in [0.3, 0.4) is 0 Å². The molecule has 0 spiro atoms. The molecule has 2 heterocycles. The summed E-state index contributed by atoms with van der Waals surface area (Å²) in [6.45, 7) is 3.68. The number of aromatic nitrogens is 3. The van der Waals surface area contributed by atoms with Crippen LogP contribution in [0, 0.1) is 5.82 Å². The number of fused-ring (bicyclic) bond motifs is 1. The standard InChI is InChI=1S/C21H15FN4OS2/c1-2-11-28-21-26-25-20(29-21)24-19(27)16-12-18(13-7-9-14(22)10-8-13)23-17-6-4-3-5-15(16)17/h2-10,12H,1,11H2,(H,24,25,27). The van der Waals surface area contributed by atoms with Crippen molar-refractivity contribution in [2.24, 2.45) is 0 Å². The Balaban J connectivity index is 1.69. The summed E-state index contributed by atoms with van der Waals surface area (Å²) in [6, 6.07) is 15.1. The van der Waals surface area contributed by atoms with E-state index in [-0.39, 0.29) is 11.7 Å². The summed E-state index contributed by atoms with van der Waals surface area (Å²) in [5.41, 5.74) is 2.46. The Morgan fingerprint density at radius 3 is 2.76 bits per heavy atom. The van der Waals surface area contributed by atoms with Crippen LogP contribution in [-0.2, 0) is 0 Å². The molecule has 0 fully saturated rings. The molecule has 144 valence electrons. The number of carbonyl (C=O) groups is 1. The van der Waals surface area contributed by atoms with Gasteiger partial charge in [0.2, 0.25) is 5.13 Å². The summed E-state index contributed by atoms with van der Waals surface area (Å²) in [5, 5.41) is 12.0. The largest absolute Gasteiger partial charge is 0.296 e. The number of hydrogen-bond acceptors (Lipinski definition) is 6. The molecule has 0 aliphatic heterocycles. The van der Waals surface area contributed by atoms with E-state index in [1.807, 2.05) is 24.3 Å². The highest BCUT2D eigenvalue weighted by atomic mass is 32.2. The predicted octanol–water partition coefficient (Wildman–Crippen LogP) is 5.42. The fourth-order valence-electron chi connectivity index (χ4n) is 2.75. The van der Waals surface area contributed by atoms with Crippen molar-refractivity contribution in [2.75, 3.05) is 11.1 Å². The number of benzene rings is 2. The van der Waals surface area contributed by atoms with Gasteiger partial charge in [0.15, 0.2) is 4.34 Å². The van der Waals surface area contributed by atoms with Gasteiger partial charge >= 0.3 is 0 Å². The van der Waals surface area contributed by atoms with Gasteiger partial charge in [0.1, 0.15) is 5.82 Å². The van der Waals surface area contributed by atoms with Crippen molar-refractivity contribution >= 4 is 45.0 Å². The first-order chi connectivity index (χ1) is 14.1. The average Bonchev–Trinajstić information content (AvgIpc) is 3.19. The number of hydrogen-bond donors (Lipinski definition) is 1. The second kappa shape index (κ2) is 8.50. The number of anilines is 1. The Hall–Kier alpha value is -3.10. The van der Waals surface area contributed by atoms with Crippen LogP contribution in [0.1, 0.15) is 10.4 Å². The first-order valence-corrected chi connectivity index (χ1v) is 10.5. The molecule has 0 saturated heterocycles. The van der Waals surface area contributed by atoms with Gasteiger partial charge in [-0.15, -0.1) is 16.8 Å². The number of carbonyl (C=O) groups excluding carboxylic acids is 1. The maximum atomic E-state index is 13.3. The first kappa shape index (κ1) is 19.2. The highest BCUT2D eigenvalue weighted by Gasteiger charge is 2.16. The number of pyridine rings is 1. The summed E-state index contributed by atoms with van der Waals surface area (Å²) < 4.78 is 14.0. The summed E-state index contributed by atoms with van der Waals surface area (Å²) in [6.07, 6.45) is 1.78. The topological polar surface area (TPSA) is 67.8 Å². The van der Waals surface area contributed by atoms with E-state index in [9.17, 15) is 9.18 Å². The predicted molar refractivity (Wildman–Crippen MR) is 116 cm³/mol. The van der Waals surface area contributed by atoms with Crippen LogP contribution in [-0.4, -0.2) is 26.8 Å². The van der Waals surface area contributed by atoms with E-state index in [1.54, 1.807) is 24.3 Å². The fourth-order valence-corrected chi connectivity index (χ4v) is 4.25. The smallest absolute Gasteiger partial charge is 0.258 e. The summed E-state index contributed by atoms with van der Waals surface area (Å²) in [7, 11) is 0. The number of thioether (sulfide) groups is 1. The molecule has 0 aliphatic carbocycles. The van der Waals surface area contributed by atoms with Crippen LogP contribution in [0.5, 0.6) is 0 Å². The van der Waals surface area contributed by atoms with Crippen LogP contribution < -0.4 is 5.32 Å². The Kier molecular flexibility index (Phi) is 5.64. The van der Waals surface area contributed by atoms with E-state index in [0.29, 0.717) is 21.9 Å². The fraction of sp³-hybridized carbons (Fsp3) is 0.0476. The number of amides is 1. The van der Waals surface area contributed by atoms with Gasteiger partial charge in [-0.3, -0.25) is 10.1 Å². The highest BCUT2D eigenvalue weighted by Crippen LogP contribution is 2.28. The lowest BCUT2D eigenvalue weighted by molar-refractivity contribution is 0.102. The van der Waals surface area contributed by atoms with E-state index in [4.69, 9.17) is 0 Å². The summed E-state index contributed by atoms with van der Waals surface area (Å²) in [5.74, 6) is 0.0933. The van der Waals surface area contributed by atoms with E-state index in [0.717, 1.165) is 21.0 Å². The van der Waals surface area contributed by atoms with Crippen molar-refractivity contribution < 1.29 is 9.18 Å². The number of para-hydroxylation sites is 1. The molecule has 5 nitrogen and oxygen atoms in total. The van der Waals surface area contributed by atoms with Crippen molar-refractivity contribution in [1.82, 2.24) is 15.2 Å². The zero-order valence-corrected chi connectivity index (χ0v) is 16.8. The highest BCUT2D eigenvalue weighted by molar-refractivity contribution is 8.01. The van der Waals surface area contributed by atoms with Gasteiger partial charge in [-0.25, -0.2) is 9.37 Å². The number of halogens is 1. The van der Waals surface area contributed by atoms with Gasteiger partial charge in [-0.2, -0.15) is 0 Å². The molecule has 0 atom stereocenters. The molecule has 0 unspecified atom stereocenters. The van der Waals surface area contributed by atoms with Crippen LogP contribution in [0.4, 0.5) is 9.52 Å². The first-order valence-electron chi connectivity index (χ1n) is 8.68. The molecule has 4 rings (SSSR count). The lowest BCUT2D eigenvalue weighted by Gasteiger charge is -2.09. The van der Waals surface area contributed by atoms with Crippen molar-refractivity contribution in [1.29, 1.82) is 0 Å². The molecule has 29 heavy (non-hydrogen) atoms. The van der Waals surface area contributed by atoms with Crippen LogP contribution in [0.15, 0.2) is 71.6 Å². The molecule has 0 saturated carbocycles. The molecular formula is C21H15FN4OS2. The molecular weight excluding hydrogens is 407 g/mol. The monoisotopic (exact) mass is 422 g/mol. The normalized spacial score (nSPS) is 10.8. The third-order valence-corrected chi connectivity index (χ3v) is 6.02. The van der Waals surface area contributed by atoms with E-state index >= 15 is 0 Å². The molecule has 4 aromatic rings. The minimum atomic E-state index is -0.325. The maximum Gasteiger partial charge on any atom is 0.258 e. The van der Waals surface area contributed by atoms with Gasteiger partial charge in [0, 0.05) is 16.7 Å². The van der Waals surface area contributed by atoms with Crippen molar-refractivity contribution in [3.8, 4) is 11.3 Å². The molecule has 0 radical (unpaired) electrons. The lowest BCUT2D eigenvalue weighted by atomic mass is 10.0. The maximum absolute atomic E-state index is 13.3. The lowest BCUT2D eigenvalue weighted by Crippen LogP contribution is -2.13. The molecule has 2 aromatic heterocycles. The zero-order chi connectivity index (χ0) is 20.2. The van der Waals surface area contributed by atoms with Crippen LogP contribution in [0.25, 0.3) is 22.2 Å². The minimum absolute atomic E-state index is 0.302. The van der Waals surface area contributed by atoms with E-state index in [2.05, 4.69) is 27.1 Å². The van der Waals surface area contributed by atoms with Gasteiger partial charge in [-0.1, -0.05) is 47.4 Å². The average molecular weight is 423 g/mol. The molecule has 2 aromatic carbocycles. The van der Waals surface area contributed by atoms with Gasteiger partial charge in [-0.05, 0) is 36.4 Å². The van der Waals surface area contributed by atoms with Crippen LogP contribution >= 0.6 is 23.1 Å². The van der Waals surface area contributed by atoms with Crippen molar-refractivity contribution in [3.05, 3.63) is 78.6 Å². The number of nitrogens with one attached hydrogen (secondary N) is 1. The number of nitrogens with zero attached hydrogens (tertiary/aromatic N) is 3. The Bertz CT molecular complexity index is 1190. The van der Waals surface area contributed by atoms with Crippen molar-refractivity contribution in [3.63, 3.8) is 0 Å². The Morgan fingerprint density at radius 2 is 1.97 bits per heavy atom. The SMILES string of the molecule is C=CCSc1nnc(NC(=O)c2cc(-c3ccc(F)cc3)nc3ccccc23)s1. The molecule has 0 aliphatic rings. The van der Waals surface area contributed by atoms with Crippen LogP contribution in [0.2, 0.25) is 0 Å². The van der Waals surface area contributed by atoms with Crippen molar-refractivity contribution in [2.45, 2.75) is 4.34 Å². The summed E-state index contributed by atoms with van der Waals surface area (Å²) in [4.78, 5) is 17.6. The Labute approximate surface area is 174 Å². The Morgan fingerprint density at radius 1 is 1.17 bits per heavy atom. The quantitative estimate of drug-likeness (QED) is 0.255. The van der Waals surface area contributed by atoms with Gasteiger partial charge < -0.3 is 0 Å². The second-order valence-electron chi connectivity index (χ2n) is 6.01. The molecule has 0 bridgehead atoms. The number of rotatable bonds is 6. The minimum Gasteiger partial charge on any atom is -0.296 e. The van der Waals surface area contributed by atoms with Gasteiger partial charge in [0.05, 0.1) is 16.8 Å². The third kappa shape index (κ3) is 4.33. The second-order valence-corrected chi connectivity index (χ2v) is 8.25. The van der Waals surface area contributed by atoms with E-state index in [1.165, 1.54) is 35.2 Å². The van der Waals surface area contributed by atoms with E-state index < -0.39 is 0 Å². The third-order valence-electron chi connectivity index (χ3n) is 4.05. The summed E-state index contributed by atoms with van der Waals surface area (Å²) >= 11 is 2.81.